The van der Waals surface area contributed by atoms with Crippen molar-refractivity contribution in [2.75, 3.05) is 0 Å². The van der Waals surface area contributed by atoms with Crippen LogP contribution in [0.1, 0.15) is 247 Å². The SMILES string of the molecule is CCCCCCCCCCCCCCCCCC(=O)N(C(=O)CCCCCCCCCCCCCCCCC)C(C)(C)CC. The van der Waals surface area contributed by atoms with Crippen molar-refractivity contribution in [1.29, 1.82) is 0 Å². The largest absolute Gasteiger partial charge is 0.277 e. The lowest BCUT2D eigenvalue weighted by molar-refractivity contribution is -0.151. The molecule has 262 valence electrons. The predicted molar refractivity (Wildman–Crippen MR) is 195 cm³/mol. The fourth-order valence-electron chi connectivity index (χ4n) is 6.49. The number of nitrogens with zero attached hydrogens (tertiary/aromatic N) is 1. The Morgan fingerprint density at radius 2 is 0.568 bits per heavy atom. The number of rotatable bonds is 34. The second kappa shape index (κ2) is 32.1. The van der Waals surface area contributed by atoms with Crippen LogP contribution >= 0.6 is 0 Å². The van der Waals surface area contributed by atoms with Gasteiger partial charge in [-0.2, -0.15) is 0 Å². The van der Waals surface area contributed by atoms with E-state index >= 15 is 0 Å². The van der Waals surface area contributed by atoms with Gasteiger partial charge in [0.15, 0.2) is 0 Å². The Balaban J connectivity index is 3.90. The van der Waals surface area contributed by atoms with E-state index in [0.29, 0.717) is 12.8 Å². The third-order valence-electron chi connectivity index (χ3n) is 9.96. The Morgan fingerprint density at radius 1 is 0.364 bits per heavy atom. The van der Waals surface area contributed by atoms with Gasteiger partial charge in [-0.15, -0.1) is 0 Å². The minimum atomic E-state index is -0.390. The van der Waals surface area contributed by atoms with Gasteiger partial charge in [-0.3, -0.25) is 14.5 Å². The molecule has 0 radical (unpaired) electrons. The summed E-state index contributed by atoms with van der Waals surface area (Å²) < 4.78 is 0. The minimum Gasteiger partial charge on any atom is -0.277 e. The lowest BCUT2D eigenvalue weighted by Gasteiger charge is -2.36. The first-order valence-corrected chi connectivity index (χ1v) is 20.3. The topological polar surface area (TPSA) is 37.4 Å². The van der Waals surface area contributed by atoms with Crippen LogP contribution in [0.4, 0.5) is 0 Å². The molecule has 0 spiro atoms. The fourth-order valence-corrected chi connectivity index (χ4v) is 6.49. The van der Waals surface area contributed by atoms with Crippen molar-refractivity contribution >= 4 is 11.8 Å². The zero-order valence-electron chi connectivity index (χ0n) is 31.1. The van der Waals surface area contributed by atoms with Crippen molar-refractivity contribution in [2.24, 2.45) is 0 Å². The second-order valence-electron chi connectivity index (χ2n) is 14.7. The predicted octanol–water partition coefficient (Wildman–Crippen LogP) is 14.1. The molecule has 0 saturated carbocycles. The summed E-state index contributed by atoms with van der Waals surface area (Å²) in [5.74, 6) is 0.106. The molecule has 0 N–H and O–H groups in total. The maximum absolute atomic E-state index is 13.2. The summed E-state index contributed by atoms with van der Waals surface area (Å²) in [4.78, 5) is 28.0. The number of amides is 2. The van der Waals surface area contributed by atoms with Gasteiger partial charge >= 0.3 is 0 Å². The Labute approximate surface area is 277 Å². The molecule has 3 heteroatoms. The van der Waals surface area contributed by atoms with Crippen molar-refractivity contribution in [3.8, 4) is 0 Å². The third-order valence-corrected chi connectivity index (χ3v) is 9.96. The van der Waals surface area contributed by atoms with Gasteiger partial charge in [0.1, 0.15) is 0 Å². The second-order valence-corrected chi connectivity index (χ2v) is 14.7. The van der Waals surface area contributed by atoms with Gasteiger partial charge in [-0.05, 0) is 33.1 Å². The van der Waals surface area contributed by atoms with E-state index in [1.165, 1.54) is 167 Å². The molecule has 0 aliphatic heterocycles. The molecule has 0 bridgehead atoms. The standard InChI is InChI=1S/C41H81NO2/c1-6-9-11-13-15-17-19-21-23-25-27-29-31-33-35-37-39(43)42(41(4,5)8-3)40(44)38-36-34-32-30-28-26-24-22-20-18-16-14-12-10-7-2/h6-38H2,1-5H3. The summed E-state index contributed by atoms with van der Waals surface area (Å²) in [6.07, 6.45) is 41.6. The molecule has 2 amide bonds. The van der Waals surface area contributed by atoms with Gasteiger partial charge in [0.2, 0.25) is 11.8 Å². The summed E-state index contributed by atoms with van der Waals surface area (Å²) in [6, 6.07) is 0. The number of unbranched alkanes of at least 4 members (excludes halogenated alkanes) is 28. The number of hydrogen-bond donors (Lipinski definition) is 0. The first-order valence-electron chi connectivity index (χ1n) is 20.3. The van der Waals surface area contributed by atoms with Gasteiger partial charge in [0, 0.05) is 18.4 Å². The van der Waals surface area contributed by atoms with Crippen LogP contribution in [0.2, 0.25) is 0 Å². The molecule has 44 heavy (non-hydrogen) atoms. The van der Waals surface area contributed by atoms with E-state index in [4.69, 9.17) is 0 Å². The van der Waals surface area contributed by atoms with Crippen LogP contribution in [0.25, 0.3) is 0 Å². The summed E-state index contributed by atoms with van der Waals surface area (Å²) in [5, 5.41) is 0. The monoisotopic (exact) mass is 620 g/mol. The molecular formula is C41H81NO2. The Morgan fingerprint density at radius 3 is 0.773 bits per heavy atom. The summed E-state index contributed by atoms with van der Waals surface area (Å²) in [5.41, 5.74) is -0.390. The Bertz CT molecular complexity index is 582. The zero-order chi connectivity index (χ0) is 32.6. The van der Waals surface area contributed by atoms with Gasteiger partial charge in [-0.25, -0.2) is 0 Å². The van der Waals surface area contributed by atoms with Crippen LogP contribution in [0.3, 0.4) is 0 Å². The molecule has 0 aromatic heterocycles. The molecule has 0 unspecified atom stereocenters. The Hall–Kier alpha value is -0.860. The summed E-state index contributed by atoms with van der Waals surface area (Å²) >= 11 is 0. The van der Waals surface area contributed by atoms with Crippen LogP contribution in [-0.2, 0) is 9.59 Å². The average molecular weight is 620 g/mol. The van der Waals surface area contributed by atoms with E-state index in [2.05, 4.69) is 34.6 Å². The van der Waals surface area contributed by atoms with E-state index in [1.54, 1.807) is 4.90 Å². The van der Waals surface area contributed by atoms with E-state index < -0.39 is 0 Å². The van der Waals surface area contributed by atoms with Crippen LogP contribution in [0.5, 0.6) is 0 Å². The first-order chi connectivity index (χ1) is 21.4. The van der Waals surface area contributed by atoms with Gasteiger partial charge in [0.05, 0.1) is 0 Å². The molecule has 0 aromatic rings. The van der Waals surface area contributed by atoms with Gasteiger partial charge < -0.3 is 0 Å². The highest BCUT2D eigenvalue weighted by Crippen LogP contribution is 2.23. The van der Waals surface area contributed by atoms with E-state index in [0.717, 1.165) is 32.1 Å². The molecule has 0 rings (SSSR count). The third kappa shape index (κ3) is 26.4. The molecule has 0 aliphatic carbocycles. The maximum atomic E-state index is 13.2. The molecular weight excluding hydrogens is 538 g/mol. The average Bonchev–Trinajstić information content (AvgIpc) is 3.01. The van der Waals surface area contributed by atoms with Crippen LogP contribution < -0.4 is 0 Å². The van der Waals surface area contributed by atoms with Crippen molar-refractivity contribution in [2.45, 2.75) is 252 Å². The van der Waals surface area contributed by atoms with Crippen LogP contribution in [0, 0.1) is 0 Å². The van der Waals surface area contributed by atoms with Crippen molar-refractivity contribution < 1.29 is 9.59 Å². The quantitative estimate of drug-likeness (QED) is 0.0672. The lowest BCUT2D eigenvalue weighted by atomic mass is 9.96. The lowest BCUT2D eigenvalue weighted by Crippen LogP contribution is -2.50. The van der Waals surface area contributed by atoms with Crippen molar-refractivity contribution in [1.82, 2.24) is 4.90 Å². The van der Waals surface area contributed by atoms with E-state index in [-0.39, 0.29) is 17.4 Å². The molecule has 0 atom stereocenters. The number of hydrogen-bond acceptors (Lipinski definition) is 2. The van der Waals surface area contributed by atoms with Crippen LogP contribution in [0.15, 0.2) is 0 Å². The van der Waals surface area contributed by atoms with Gasteiger partial charge in [0.25, 0.3) is 0 Å². The van der Waals surface area contributed by atoms with Gasteiger partial charge in [-0.1, -0.05) is 201 Å². The minimum absolute atomic E-state index is 0.0532. The molecule has 0 aromatic carbocycles. The Kier molecular flexibility index (Phi) is 31.5. The zero-order valence-corrected chi connectivity index (χ0v) is 31.1. The number of carbonyl (C=O) groups is 2. The molecule has 0 heterocycles. The molecule has 0 aliphatic rings. The van der Waals surface area contributed by atoms with Crippen molar-refractivity contribution in [3.05, 3.63) is 0 Å². The smallest absolute Gasteiger partial charge is 0.229 e. The van der Waals surface area contributed by atoms with Crippen LogP contribution in [-0.4, -0.2) is 22.3 Å². The molecule has 0 fully saturated rings. The van der Waals surface area contributed by atoms with Crippen molar-refractivity contribution in [3.63, 3.8) is 0 Å². The highest BCUT2D eigenvalue weighted by molar-refractivity contribution is 5.96. The number of carbonyl (C=O) groups excluding carboxylic acids is 2. The first kappa shape index (κ1) is 43.1. The number of imide groups is 1. The molecule has 0 saturated heterocycles. The maximum Gasteiger partial charge on any atom is 0.229 e. The summed E-state index contributed by atoms with van der Waals surface area (Å²) in [7, 11) is 0. The highest BCUT2D eigenvalue weighted by Gasteiger charge is 2.33. The normalized spacial score (nSPS) is 11.8. The van der Waals surface area contributed by atoms with E-state index in [1.807, 2.05) is 0 Å². The molecule has 3 nitrogen and oxygen atoms in total. The van der Waals surface area contributed by atoms with E-state index in [9.17, 15) is 9.59 Å². The highest BCUT2D eigenvalue weighted by atomic mass is 16.2. The summed E-state index contributed by atoms with van der Waals surface area (Å²) in [6.45, 7) is 10.8. The fraction of sp³-hybridized carbons (Fsp3) is 0.951.